The summed E-state index contributed by atoms with van der Waals surface area (Å²) in [7, 11) is 1.70. The van der Waals surface area contributed by atoms with Crippen molar-refractivity contribution in [2.45, 2.75) is 19.6 Å². The van der Waals surface area contributed by atoms with E-state index in [0.29, 0.717) is 17.9 Å². The molecule has 0 aliphatic rings. The third-order valence-electron chi connectivity index (χ3n) is 2.83. The quantitative estimate of drug-likeness (QED) is 0.928. The lowest BCUT2D eigenvalue weighted by atomic mass is 10.1. The van der Waals surface area contributed by atoms with Crippen LogP contribution in [0.2, 0.25) is 0 Å². The molecule has 0 aliphatic heterocycles. The Morgan fingerprint density at radius 3 is 2.58 bits per heavy atom. The van der Waals surface area contributed by atoms with Crippen LogP contribution in [-0.2, 0) is 12.7 Å². The number of halogens is 3. The highest BCUT2D eigenvalue weighted by Gasteiger charge is 2.34. The minimum atomic E-state index is -4.39. The molecule has 1 N–H and O–H groups in total. The summed E-state index contributed by atoms with van der Waals surface area (Å²) in [5.41, 5.74) is 0.0417. The first-order chi connectivity index (χ1) is 8.93. The Labute approximate surface area is 109 Å². The number of nitrogens with zero attached hydrogens (tertiary/aromatic N) is 2. The molecule has 0 saturated carbocycles. The summed E-state index contributed by atoms with van der Waals surface area (Å²) in [6.07, 6.45) is -1.38. The second kappa shape index (κ2) is 5.05. The van der Waals surface area contributed by atoms with Crippen LogP contribution >= 0.6 is 0 Å². The number of imidazole rings is 1. The van der Waals surface area contributed by atoms with Crippen molar-refractivity contribution in [3.63, 3.8) is 0 Å². The zero-order valence-electron chi connectivity index (χ0n) is 10.6. The summed E-state index contributed by atoms with van der Waals surface area (Å²) in [6, 6.07) is 4.33. The van der Waals surface area contributed by atoms with Crippen molar-refractivity contribution in [2.75, 3.05) is 7.05 Å². The van der Waals surface area contributed by atoms with Gasteiger partial charge in [-0.2, -0.15) is 13.2 Å². The van der Waals surface area contributed by atoms with E-state index < -0.39 is 11.7 Å². The summed E-state index contributed by atoms with van der Waals surface area (Å²) in [4.78, 5) is 3.96. The molecule has 1 aromatic carbocycles. The molecule has 2 rings (SSSR count). The van der Waals surface area contributed by atoms with Crippen molar-refractivity contribution < 1.29 is 13.2 Å². The summed E-state index contributed by atoms with van der Waals surface area (Å²) in [5, 5.41) is 2.84. The zero-order chi connectivity index (χ0) is 14.0. The first kappa shape index (κ1) is 13.6. The first-order valence-corrected chi connectivity index (χ1v) is 5.78. The Bertz CT molecular complexity index is 573. The minimum absolute atomic E-state index is 0.0994. The van der Waals surface area contributed by atoms with Crippen molar-refractivity contribution in [1.82, 2.24) is 14.9 Å². The van der Waals surface area contributed by atoms with Crippen LogP contribution in [0, 0.1) is 6.92 Å². The van der Waals surface area contributed by atoms with Gasteiger partial charge in [-0.25, -0.2) is 4.98 Å². The number of aromatic nitrogens is 2. The smallest absolute Gasteiger partial charge is 0.316 e. The number of alkyl halides is 3. The van der Waals surface area contributed by atoms with Crippen molar-refractivity contribution in [1.29, 1.82) is 0 Å². The van der Waals surface area contributed by atoms with Crippen LogP contribution in [0.4, 0.5) is 13.2 Å². The van der Waals surface area contributed by atoms with E-state index in [0.717, 1.165) is 0 Å². The number of nitrogens with one attached hydrogen (secondary N) is 1. The van der Waals surface area contributed by atoms with E-state index in [9.17, 15) is 13.2 Å². The molecular weight excluding hydrogens is 255 g/mol. The third kappa shape index (κ3) is 2.78. The zero-order valence-corrected chi connectivity index (χ0v) is 10.6. The predicted molar refractivity (Wildman–Crippen MR) is 66.1 cm³/mol. The van der Waals surface area contributed by atoms with E-state index in [1.165, 1.54) is 29.1 Å². The van der Waals surface area contributed by atoms with Crippen molar-refractivity contribution in [2.24, 2.45) is 0 Å². The Hall–Kier alpha value is -1.82. The molecule has 2 aromatic rings. The second-order valence-electron chi connectivity index (χ2n) is 4.22. The van der Waals surface area contributed by atoms with Gasteiger partial charge in [-0.1, -0.05) is 6.07 Å². The summed E-state index contributed by atoms with van der Waals surface area (Å²) >= 11 is 0. The van der Waals surface area contributed by atoms with Gasteiger partial charge in [0.15, 0.2) is 0 Å². The fraction of sp³-hybridized carbons (Fsp3) is 0.308. The maximum Gasteiger partial charge on any atom is 0.418 e. The monoisotopic (exact) mass is 269 g/mol. The number of hydrogen-bond acceptors (Lipinski definition) is 2. The fourth-order valence-corrected chi connectivity index (χ4v) is 1.97. The summed E-state index contributed by atoms with van der Waals surface area (Å²) in [5.74, 6) is 0.520. The largest absolute Gasteiger partial charge is 0.418 e. The van der Waals surface area contributed by atoms with E-state index in [1.807, 2.05) is 0 Å². The molecule has 1 aromatic heterocycles. The molecule has 0 spiro atoms. The summed E-state index contributed by atoms with van der Waals surface area (Å²) in [6.45, 7) is 2.06. The molecule has 0 saturated heterocycles. The van der Waals surface area contributed by atoms with Gasteiger partial charge in [-0.15, -0.1) is 0 Å². The normalized spacial score (nSPS) is 11.8. The van der Waals surface area contributed by atoms with Crippen LogP contribution in [0.15, 0.2) is 30.6 Å². The Morgan fingerprint density at radius 2 is 2.05 bits per heavy atom. The molecule has 0 bridgehead atoms. The third-order valence-corrected chi connectivity index (χ3v) is 2.83. The van der Waals surface area contributed by atoms with E-state index in [-0.39, 0.29) is 5.69 Å². The van der Waals surface area contributed by atoms with Gasteiger partial charge in [-0.3, -0.25) is 0 Å². The van der Waals surface area contributed by atoms with E-state index in [1.54, 1.807) is 20.0 Å². The molecular formula is C13H14F3N3. The number of aryl methyl sites for hydroxylation is 1. The SMILES string of the molecule is CNCc1ccc(-n2ccnc2C)c(C(F)(F)F)c1. The molecule has 19 heavy (non-hydrogen) atoms. The molecule has 0 amide bonds. The van der Waals surface area contributed by atoms with Crippen molar-refractivity contribution >= 4 is 0 Å². The van der Waals surface area contributed by atoms with Crippen LogP contribution in [0.5, 0.6) is 0 Å². The van der Waals surface area contributed by atoms with Gasteiger partial charge < -0.3 is 9.88 Å². The lowest BCUT2D eigenvalue weighted by molar-refractivity contribution is -0.137. The maximum absolute atomic E-state index is 13.1. The van der Waals surface area contributed by atoms with Gasteiger partial charge in [0.25, 0.3) is 0 Å². The van der Waals surface area contributed by atoms with E-state index in [2.05, 4.69) is 10.3 Å². The number of rotatable bonds is 3. The molecule has 0 radical (unpaired) electrons. The average Bonchev–Trinajstić information content (AvgIpc) is 2.75. The molecule has 0 atom stereocenters. The van der Waals surface area contributed by atoms with Gasteiger partial charge in [0.05, 0.1) is 11.3 Å². The lowest BCUT2D eigenvalue weighted by Gasteiger charge is -2.16. The number of hydrogen-bond donors (Lipinski definition) is 1. The van der Waals surface area contributed by atoms with Gasteiger partial charge in [-0.05, 0) is 31.7 Å². The van der Waals surface area contributed by atoms with Gasteiger partial charge >= 0.3 is 6.18 Å². The van der Waals surface area contributed by atoms with Crippen LogP contribution in [0.3, 0.4) is 0 Å². The molecule has 102 valence electrons. The Balaban J connectivity index is 2.58. The lowest BCUT2D eigenvalue weighted by Crippen LogP contribution is -2.13. The standard InChI is InChI=1S/C13H14F3N3/c1-9-18-5-6-19(9)12-4-3-10(8-17-2)7-11(12)13(14,15)16/h3-7,17H,8H2,1-2H3. The van der Waals surface area contributed by atoms with E-state index >= 15 is 0 Å². The highest BCUT2D eigenvalue weighted by atomic mass is 19.4. The maximum atomic E-state index is 13.1. The van der Waals surface area contributed by atoms with Gasteiger partial charge in [0.2, 0.25) is 0 Å². The van der Waals surface area contributed by atoms with Crippen LogP contribution in [-0.4, -0.2) is 16.6 Å². The van der Waals surface area contributed by atoms with Crippen LogP contribution in [0.25, 0.3) is 5.69 Å². The van der Waals surface area contributed by atoms with Crippen molar-refractivity contribution in [3.8, 4) is 5.69 Å². The molecule has 0 unspecified atom stereocenters. The van der Waals surface area contributed by atoms with Gasteiger partial charge in [0.1, 0.15) is 5.82 Å². The number of benzene rings is 1. The highest BCUT2D eigenvalue weighted by Crippen LogP contribution is 2.34. The average molecular weight is 269 g/mol. The Kier molecular flexibility index (Phi) is 3.61. The van der Waals surface area contributed by atoms with Crippen LogP contribution in [0.1, 0.15) is 17.0 Å². The van der Waals surface area contributed by atoms with Crippen LogP contribution < -0.4 is 5.32 Å². The molecule has 0 fully saturated rings. The Morgan fingerprint density at radius 1 is 1.32 bits per heavy atom. The topological polar surface area (TPSA) is 29.9 Å². The highest BCUT2D eigenvalue weighted by molar-refractivity contribution is 5.46. The molecule has 1 heterocycles. The first-order valence-electron chi connectivity index (χ1n) is 5.78. The van der Waals surface area contributed by atoms with Crippen molar-refractivity contribution in [3.05, 3.63) is 47.5 Å². The molecule has 6 heteroatoms. The molecule has 3 nitrogen and oxygen atoms in total. The van der Waals surface area contributed by atoms with E-state index in [4.69, 9.17) is 0 Å². The minimum Gasteiger partial charge on any atom is -0.316 e. The fourth-order valence-electron chi connectivity index (χ4n) is 1.97. The predicted octanol–water partition coefficient (Wildman–Crippen LogP) is 2.92. The molecule has 0 aliphatic carbocycles. The summed E-state index contributed by atoms with van der Waals surface area (Å²) < 4.78 is 40.9. The second-order valence-corrected chi connectivity index (χ2v) is 4.22. The van der Waals surface area contributed by atoms with Gasteiger partial charge in [0, 0.05) is 18.9 Å².